The maximum Gasteiger partial charge on any atom is 0.416 e. The number of rotatable bonds is 3. The maximum absolute atomic E-state index is 13.5. The molecule has 0 unspecified atom stereocenters. The van der Waals surface area contributed by atoms with Crippen molar-refractivity contribution in [1.29, 1.82) is 0 Å². The van der Waals surface area contributed by atoms with E-state index >= 15 is 0 Å². The molecule has 1 fully saturated rings. The predicted octanol–water partition coefficient (Wildman–Crippen LogP) is 6.82. The van der Waals surface area contributed by atoms with E-state index in [2.05, 4.69) is 15.2 Å². The predicted molar refractivity (Wildman–Crippen MR) is 129 cm³/mol. The molecule has 0 saturated heterocycles. The van der Waals surface area contributed by atoms with Crippen LogP contribution in [0.5, 0.6) is 0 Å². The first-order valence-corrected chi connectivity index (χ1v) is 11.7. The van der Waals surface area contributed by atoms with Crippen molar-refractivity contribution in [3.63, 3.8) is 0 Å². The SMILES string of the molecule is O=C(/C=C1\CCN(C2CCCCC2)c2cc(C(F)(F)F)ccc21)Nc1ccc2cccnc2c1. The summed E-state index contributed by atoms with van der Waals surface area (Å²) in [6.07, 6.45) is 4.78. The summed E-state index contributed by atoms with van der Waals surface area (Å²) in [5.41, 5.74) is 2.80. The number of alkyl halides is 3. The molecular formula is C27H26F3N3O. The van der Waals surface area contributed by atoms with E-state index in [1.54, 1.807) is 12.3 Å². The highest BCUT2D eigenvalue weighted by Gasteiger charge is 2.34. The number of hydrogen-bond acceptors (Lipinski definition) is 3. The third kappa shape index (κ3) is 4.65. The van der Waals surface area contributed by atoms with E-state index in [1.807, 2.05) is 24.3 Å². The molecule has 0 bridgehead atoms. The van der Waals surface area contributed by atoms with E-state index in [0.29, 0.717) is 29.9 Å². The van der Waals surface area contributed by atoms with Crippen LogP contribution in [0.15, 0.2) is 60.8 Å². The van der Waals surface area contributed by atoms with Gasteiger partial charge in [0.25, 0.3) is 0 Å². The van der Waals surface area contributed by atoms with Crippen LogP contribution < -0.4 is 10.2 Å². The van der Waals surface area contributed by atoms with Gasteiger partial charge in [-0.15, -0.1) is 0 Å². The number of hydrogen-bond donors (Lipinski definition) is 1. The van der Waals surface area contributed by atoms with Crippen molar-refractivity contribution in [2.75, 3.05) is 16.8 Å². The number of amides is 1. The van der Waals surface area contributed by atoms with Crippen LogP contribution in [0.25, 0.3) is 16.5 Å². The number of halogens is 3. The fourth-order valence-electron chi connectivity index (χ4n) is 5.12. The van der Waals surface area contributed by atoms with Gasteiger partial charge in [0.2, 0.25) is 5.91 Å². The number of carbonyl (C=O) groups excluding carboxylic acids is 1. The maximum atomic E-state index is 13.5. The van der Waals surface area contributed by atoms with Gasteiger partial charge in [0.05, 0.1) is 11.1 Å². The highest BCUT2D eigenvalue weighted by Crippen LogP contribution is 2.42. The number of anilines is 2. The van der Waals surface area contributed by atoms with E-state index in [-0.39, 0.29) is 11.9 Å². The van der Waals surface area contributed by atoms with Crippen LogP contribution in [-0.4, -0.2) is 23.5 Å². The minimum absolute atomic E-state index is 0.247. The van der Waals surface area contributed by atoms with Gasteiger partial charge in [-0.25, -0.2) is 0 Å². The number of pyridine rings is 1. The van der Waals surface area contributed by atoms with Gasteiger partial charge in [0.1, 0.15) is 0 Å². The summed E-state index contributed by atoms with van der Waals surface area (Å²) in [5.74, 6) is -0.303. The highest BCUT2D eigenvalue weighted by molar-refractivity contribution is 6.05. The molecule has 5 rings (SSSR count). The van der Waals surface area contributed by atoms with Crippen LogP contribution >= 0.6 is 0 Å². The molecule has 1 aromatic heterocycles. The van der Waals surface area contributed by atoms with Crippen molar-refractivity contribution < 1.29 is 18.0 Å². The number of nitrogens with one attached hydrogen (secondary N) is 1. The molecule has 3 aromatic rings. The van der Waals surface area contributed by atoms with Crippen LogP contribution in [0.1, 0.15) is 49.7 Å². The molecule has 0 atom stereocenters. The highest BCUT2D eigenvalue weighted by atomic mass is 19.4. The topological polar surface area (TPSA) is 45.2 Å². The first-order chi connectivity index (χ1) is 16.4. The zero-order chi connectivity index (χ0) is 23.7. The zero-order valence-corrected chi connectivity index (χ0v) is 18.7. The summed E-state index contributed by atoms with van der Waals surface area (Å²) in [6, 6.07) is 13.4. The van der Waals surface area contributed by atoms with E-state index < -0.39 is 11.7 Å². The minimum atomic E-state index is -4.41. The Hall–Kier alpha value is -3.35. The summed E-state index contributed by atoms with van der Waals surface area (Å²) >= 11 is 0. The van der Waals surface area contributed by atoms with Crippen LogP contribution in [0.2, 0.25) is 0 Å². The third-order valence-electron chi connectivity index (χ3n) is 6.80. The summed E-state index contributed by atoms with van der Waals surface area (Å²) in [4.78, 5) is 19.3. The van der Waals surface area contributed by atoms with Crippen molar-refractivity contribution in [1.82, 2.24) is 4.98 Å². The lowest BCUT2D eigenvalue weighted by Crippen LogP contribution is -2.40. The van der Waals surface area contributed by atoms with Crippen molar-refractivity contribution >= 4 is 33.8 Å². The van der Waals surface area contributed by atoms with Crippen LogP contribution in [0, 0.1) is 0 Å². The Morgan fingerprint density at radius 1 is 1.06 bits per heavy atom. The van der Waals surface area contributed by atoms with Crippen molar-refractivity contribution in [3.8, 4) is 0 Å². The van der Waals surface area contributed by atoms with Gasteiger partial charge >= 0.3 is 6.18 Å². The second kappa shape index (κ2) is 9.12. The molecule has 2 heterocycles. The van der Waals surface area contributed by atoms with Gasteiger partial charge in [-0.05, 0) is 55.2 Å². The molecule has 7 heteroatoms. The summed E-state index contributed by atoms with van der Waals surface area (Å²) in [5, 5.41) is 3.85. The van der Waals surface area contributed by atoms with Crippen LogP contribution in [-0.2, 0) is 11.0 Å². The van der Waals surface area contributed by atoms with E-state index in [9.17, 15) is 18.0 Å². The lowest BCUT2D eigenvalue weighted by molar-refractivity contribution is -0.137. The minimum Gasteiger partial charge on any atom is -0.368 e. The van der Waals surface area contributed by atoms with Gasteiger partial charge in [0.15, 0.2) is 0 Å². The number of carbonyl (C=O) groups is 1. The molecular weight excluding hydrogens is 439 g/mol. The second-order valence-electron chi connectivity index (χ2n) is 9.03. The molecule has 2 aromatic carbocycles. The number of aromatic nitrogens is 1. The van der Waals surface area contributed by atoms with Crippen molar-refractivity contribution in [2.24, 2.45) is 0 Å². The Kier molecular flexibility index (Phi) is 6.02. The molecule has 176 valence electrons. The molecule has 1 aliphatic heterocycles. The van der Waals surface area contributed by atoms with Crippen LogP contribution in [0.4, 0.5) is 24.5 Å². The molecule has 34 heavy (non-hydrogen) atoms. The molecule has 1 saturated carbocycles. The number of nitrogens with zero attached hydrogens (tertiary/aromatic N) is 2. The average Bonchev–Trinajstić information content (AvgIpc) is 2.84. The zero-order valence-electron chi connectivity index (χ0n) is 18.7. The normalized spacial score (nSPS) is 18.2. The third-order valence-corrected chi connectivity index (χ3v) is 6.80. The monoisotopic (exact) mass is 465 g/mol. The molecule has 2 aliphatic rings. The van der Waals surface area contributed by atoms with Crippen molar-refractivity contribution in [2.45, 2.75) is 50.7 Å². The number of benzene rings is 2. The summed E-state index contributed by atoms with van der Waals surface area (Å²) in [6.45, 7) is 0.609. The van der Waals surface area contributed by atoms with Crippen molar-refractivity contribution in [3.05, 3.63) is 71.9 Å². The van der Waals surface area contributed by atoms with Gasteiger partial charge < -0.3 is 10.2 Å². The van der Waals surface area contributed by atoms with E-state index in [0.717, 1.165) is 48.2 Å². The Balaban J connectivity index is 1.44. The van der Waals surface area contributed by atoms with Crippen LogP contribution in [0.3, 0.4) is 0 Å². The van der Waals surface area contributed by atoms with Gasteiger partial charge in [0, 0.05) is 47.2 Å². The Labute approximate surface area is 196 Å². The molecule has 0 spiro atoms. The molecule has 1 amide bonds. The lowest BCUT2D eigenvalue weighted by Gasteiger charge is -2.41. The largest absolute Gasteiger partial charge is 0.416 e. The Bertz CT molecular complexity index is 1250. The average molecular weight is 466 g/mol. The fraction of sp³-hybridized carbons (Fsp3) is 0.333. The van der Waals surface area contributed by atoms with Gasteiger partial charge in [-0.1, -0.05) is 37.5 Å². The quantitative estimate of drug-likeness (QED) is 0.432. The Morgan fingerprint density at radius 2 is 1.88 bits per heavy atom. The first-order valence-electron chi connectivity index (χ1n) is 11.7. The van der Waals surface area contributed by atoms with Gasteiger partial charge in [-0.3, -0.25) is 9.78 Å². The van der Waals surface area contributed by atoms with E-state index in [4.69, 9.17) is 0 Å². The smallest absolute Gasteiger partial charge is 0.368 e. The molecule has 4 nitrogen and oxygen atoms in total. The standard InChI is InChI=1S/C27H26F3N3O/c28-27(29,30)20-9-11-23-19(12-14-33(25(23)16-20)22-6-2-1-3-7-22)15-26(34)32-21-10-8-18-5-4-13-31-24(18)17-21/h4-5,8-11,13,15-17,22H,1-3,6-7,12,14H2,(H,32,34)/b19-15+. The molecule has 1 aliphatic carbocycles. The lowest BCUT2D eigenvalue weighted by atomic mass is 9.88. The Morgan fingerprint density at radius 3 is 2.68 bits per heavy atom. The number of fused-ring (bicyclic) bond motifs is 2. The van der Waals surface area contributed by atoms with E-state index in [1.165, 1.54) is 24.6 Å². The fourth-order valence-corrected chi connectivity index (χ4v) is 5.12. The van der Waals surface area contributed by atoms with Gasteiger partial charge in [-0.2, -0.15) is 13.2 Å². The second-order valence-corrected chi connectivity index (χ2v) is 9.03. The molecule has 1 N–H and O–H groups in total. The summed E-state index contributed by atoms with van der Waals surface area (Å²) < 4.78 is 40.5. The first kappa shape index (κ1) is 22.4. The molecule has 0 radical (unpaired) electrons. The summed E-state index contributed by atoms with van der Waals surface area (Å²) in [7, 11) is 0.